The van der Waals surface area contributed by atoms with Gasteiger partial charge in [-0.2, -0.15) is 0 Å². The second kappa shape index (κ2) is 5.94. The standard InChI is InChI=1S/C20H15Br2NO/c1-12-3-6-14(7-4-12)23-17-8-5-13(2)9-19(17)24-20-11-16(22)15(21)10-18(20)23/h3-11H,1-2H3. The fraction of sp³-hybridized carbons (Fsp3) is 0.100. The van der Waals surface area contributed by atoms with E-state index in [0.717, 1.165) is 37.5 Å². The Labute approximate surface area is 158 Å². The molecule has 0 atom stereocenters. The molecule has 0 unspecified atom stereocenters. The number of hydrogen-bond acceptors (Lipinski definition) is 2. The van der Waals surface area contributed by atoms with Crippen molar-refractivity contribution in [2.45, 2.75) is 13.8 Å². The largest absolute Gasteiger partial charge is 0.453 e. The van der Waals surface area contributed by atoms with Gasteiger partial charge in [0, 0.05) is 14.6 Å². The van der Waals surface area contributed by atoms with Crippen LogP contribution in [0, 0.1) is 13.8 Å². The lowest BCUT2D eigenvalue weighted by molar-refractivity contribution is 0.476. The quantitative estimate of drug-likeness (QED) is 0.303. The molecule has 4 heteroatoms. The summed E-state index contributed by atoms with van der Waals surface area (Å²) < 4.78 is 8.15. The van der Waals surface area contributed by atoms with E-state index in [1.165, 1.54) is 11.1 Å². The van der Waals surface area contributed by atoms with E-state index in [0.29, 0.717) is 0 Å². The van der Waals surface area contributed by atoms with Crippen molar-refractivity contribution in [3.05, 3.63) is 74.7 Å². The van der Waals surface area contributed by atoms with Gasteiger partial charge in [-0.25, -0.2) is 0 Å². The molecule has 3 aromatic carbocycles. The lowest BCUT2D eigenvalue weighted by Crippen LogP contribution is -2.16. The van der Waals surface area contributed by atoms with Crippen LogP contribution in [0.5, 0.6) is 11.5 Å². The number of benzene rings is 3. The predicted molar refractivity (Wildman–Crippen MR) is 106 cm³/mol. The van der Waals surface area contributed by atoms with Crippen molar-refractivity contribution in [2.75, 3.05) is 4.90 Å². The van der Waals surface area contributed by atoms with Gasteiger partial charge in [0.15, 0.2) is 11.5 Å². The summed E-state index contributed by atoms with van der Waals surface area (Å²) in [6.07, 6.45) is 0. The minimum Gasteiger partial charge on any atom is -0.453 e. The molecule has 0 aromatic heterocycles. The summed E-state index contributed by atoms with van der Waals surface area (Å²) in [6.45, 7) is 4.18. The van der Waals surface area contributed by atoms with E-state index < -0.39 is 0 Å². The van der Waals surface area contributed by atoms with Crippen molar-refractivity contribution >= 4 is 48.9 Å². The molecule has 2 nitrogen and oxygen atoms in total. The summed E-state index contributed by atoms with van der Waals surface area (Å²) >= 11 is 7.18. The van der Waals surface area contributed by atoms with Gasteiger partial charge >= 0.3 is 0 Å². The highest BCUT2D eigenvalue weighted by Gasteiger charge is 2.26. The van der Waals surface area contributed by atoms with E-state index in [1.54, 1.807) is 0 Å². The Kier molecular flexibility index (Phi) is 3.89. The van der Waals surface area contributed by atoms with E-state index in [4.69, 9.17) is 4.74 Å². The molecule has 1 heterocycles. The molecule has 0 saturated carbocycles. The first-order chi connectivity index (χ1) is 11.5. The van der Waals surface area contributed by atoms with Crippen LogP contribution in [0.15, 0.2) is 63.5 Å². The maximum Gasteiger partial charge on any atom is 0.152 e. The van der Waals surface area contributed by atoms with Gasteiger partial charge in [0.2, 0.25) is 0 Å². The fourth-order valence-electron chi connectivity index (χ4n) is 2.88. The molecule has 0 saturated heterocycles. The third-order valence-corrected chi connectivity index (χ3v) is 5.96. The molecule has 0 aliphatic carbocycles. The third kappa shape index (κ3) is 2.64. The molecular weight excluding hydrogens is 430 g/mol. The Morgan fingerprint density at radius 3 is 2.08 bits per heavy atom. The smallest absolute Gasteiger partial charge is 0.152 e. The Morgan fingerprint density at radius 2 is 1.33 bits per heavy atom. The summed E-state index contributed by atoms with van der Waals surface area (Å²) in [7, 11) is 0. The van der Waals surface area contributed by atoms with Crippen LogP contribution in [0.4, 0.5) is 17.1 Å². The Morgan fingerprint density at radius 1 is 0.708 bits per heavy atom. The first-order valence-electron chi connectivity index (χ1n) is 7.67. The number of nitrogens with zero attached hydrogens (tertiary/aromatic N) is 1. The second-order valence-electron chi connectivity index (χ2n) is 5.98. The van der Waals surface area contributed by atoms with Gasteiger partial charge in [-0.1, -0.05) is 23.8 Å². The number of rotatable bonds is 1. The van der Waals surface area contributed by atoms with Gasteiger partial charge in [-0.05, 0) is 87.7 Å². The number of ether oxygens (including phenoxy) is 1. The molecule has 0 bridgehead atoms. The van der Waals surface area contributed by atoms with Crippen LogP contribution in [0.3, 0.4) is 0 Å². The molecule has 1 aliphatic rings. The van der Waals surface area contributed by atoms with Crippen molar-refractivity contribution in [3.63, 3.8) is 0 Å². The molecule has 3 aromatic rings. The third-order valence-electron chi connectivity index (χ3n) is 4.11. The van der Waals surface area contributed by atoms with Gasteiger partial charge in [0.05, 0.1) is 11.4 Å². The van der Waals surface area contributed by atoms with Crippen molar-refractivity contribution in [1.29, 1.82) is 0 Å². The highest BCUT2D eigenvalue weighted by Crippen LogP contribution is 2.52. The minimum atomic E-state index is 0.837. The van der Waals surface area contributed by atoms with Crippen LogP contribution in [-0.2, 0) is 0 Å². The number of anilines is 3. The van der Waals surface area contributed by atoms with Crippen LogP contribution in [0.1, 0.15) is 11.1 Å². The van der Waals surface area contributed by atoms with Crippen molar-refractivity contribution < 1.29 is 4.74 Å². The Balaban J connectivity index is 1.97. The molecule has 0 fully saturated rings. The van der Waals surface area contributed by atoms with E-state index in [2.05, 4.69) is 99.1 Å². The second-order valence-corrected chi connectivity index (χ2v) is 7.69. The molecule has 0 spiro atoms. The number of aryl methyl sites for hydroxylation is 2. The molecule has 120 valence electrons. The van der Waals surface area contributed by atoms with Crippen LogP contribution in [0.2, 0.25) is 0 Å². The molecular formula is C20H15Br2NO. The average Bonchev–Trinajstić information content (AvgIpc) is 2.55. The normalized spacial score (nSPS) is 12.4. The zero-order chi connectivity index (χ0) is 16.8. The van der Waals surface area contributed by atoms with Gasteiger partial charge in [-0.15, -0.1) is 0 Å². The van der Waals surface area contributed by atoms with Crippen molar-refractivity contribution in [2.24, 2.45) is 0 Å². The number of hydrogen-bond donors (Lipinski definition) is 0. The molecule has 1 aliphatic heterocycles. The van der Waals surface area contributed by atoms with E-state index in [9.17, 15) is 0 Å². The topological polar surface area (TPSA) is 12.5 Å². The zero-order valence-corrected chi connectivity index (χ0v) is 16.5. The molecule has 0 radical (unpaired) electrons. The van der Waals surface area contributed by atoms with Crippen molar-refractivity contribution in [3.8, 4) is 11.5 Å². The highest BCUT2D eigenvalue weighted by molar-refractivity contribution is 9.13. The predicted octanol–water partition coefficient (Wildman–Crippen LogP) is 7.40. The lowest BCUT2D eigenvalue weighted by Gasteiger charge is -2.33. The first kappa shape index (κ1) is 15.7. The summed E-state index contributed by atoms with van der Waals surface area (Å²) in [5, 5.41) is 0. The van der Waals surface area contributed by atoms with Crippen LogP contribution >= 0.6 is 31.9 Å². The Bertz CT molecular complexity index is 935. The fourth-order valence-corrected chi connectivity index (χ4v) is 3.54. The Hall–Kier alpha value is -1.78. The van der Waals surface area contributed by atoms with Gasteiger partial charge < -0.3 is 9.64 Å². The van der Waals surface area contributed by atoms with Crippen LogP contribution in [-0.4, -0.2) is 0 Å². The number of fused-ring (bicyclic) bond motifs is 2. The molecule has 0 N–H and O–H groups in total. The van der Waals surface area contributed by atoms with E-state index in [-0.39, 0.29) is 0 Å². The molecule has 24 heavy (non-hydrogen) atoms. The van der Waals surface area contributed by atoms with Crippen molar-refractivity contribution in [1.82, 2.24) is 0 Å². The molecule has 4 rings (SSSR count). The minimum absolute atomic E-state index is 0.837. The SMILES string of the molecule is Cc1ccc(N2c3ccc(C)cc3Oc3cc(Br)c(Br)cc32)cc1. The van der Waals surface area contributed by atoms with E-state index in [1.807, 2.05) is 6.07 Å². The summed E-state index contributed by atoms with van der Waals surface area (Å²) in [6, 6.07) is 18.9. The van der Waals surface area contributed by atoms with Crippen LogP contribution in [0.25, 0.3) is 0 Å². The maximum absolute atomic E-state index is 6.18. The first-order valence-corrected chi connectivity index (χ1v) is 9.26. The zero-order valence-electron chi connectivity index (χ0n) is 13.3. The van der Waals surface area contributed by atoms with Gasteiger partial charge in [0.1, 0.15) is 0 Å². The molecule has 0 amide bonds. The summed E-state index contributed by atoms with van der Waals surface area (Å²) in [5.74, 6) is 1.71. The maximum atomic E-state index is 6.18. The summed E-state index contributed by atoms with van der Waals surface area (Å²) in [5.41, 5.74) is 5.60. The number of halogens is 2. The van der Waals surface area contributed by atoms with Gasteiger partial charge in [-0.3, -0.25) is 0 Å². The highest BCUT2D eigenvalue weighted by atomic mass is 79.9. The summed E-state index contributed by atoms with van der Waals surface area (Å²) in [4.78, 5) is 2.24. The van der Waals surface area contributed by atoms with E-state index >= 15 is 0 Å². The lowest BCUT2D eigenvalue weighted by atomic mass is 10.1. The van der Waals surface area contributed by atoms with Gasteiger partial charge in [0.25, 0.3) is 0 Å². The average molecular weight is 445 g/mol. The van der Waals surface area contributed by atoms with Crippen LogP contribution < -0.4 is 9.64 Å². The monoisotopic (exact) mass is 443 g/mol.